The Morgan fingerprint density at radius 1 is 0.667 bits per heavy atom. The van der Waals surface area contributed by atoms with Gasteiger partial charge in [0.1, 0.15) is 11.5 Å². The number of benzene rings is 2. The van der Waals surface area contributed by atoms with Gasteiger partial charge >= 0.3 is 0 Å². The SMILES string of the molecule is CCCOc1ccc(N)cc1N.CCCOc1ccc(N)cc1N. The third-order valence-corrected chi connectivity index (χ3v) is 2.99. The lowest BCUT2D eigenvalue weighted by atomic mass is 10.2. The highest BCUT2D eigenvalue weighted by Crippen LogP contribution is 2.24. The predicted octanol–water partition coefficient (Wildman–Crippen LogP) is 3.28. The van der Waals surface area contributed by atoms with E-state index in [9.17, 15) is 0 Å². The van der Waals surface area contributed by atoms with Crippen molar-refractivity contribution in [2.75, 3.05) is 36.1 Å². The highest BCUT2D eigenvalue weighted by Gasteiger charge is 1.99. The second-order valence-electron chi connectivity index (χ2n) is 5.29. The fourth-order valence-electron chi connectivity index (χ4n) is 1.82. The third-order valence-electron chi connectivity index (χ3n) is 2.99. The van der Waals surface area contributed by atoms with Crippen LogP contribution in [0.4, 0.5) is 22.7 Å². The summed E-state index contributed by atoms with van der Waals surface area (Å²) in [6.45, 7) is 5.48. The average molecular weight is 332 g/mol. The second kappa shape index (κ2) is 10.1. The van der Waals surface area contributed by atoms with Crippen molar-refractivity contribution in [1.29, 1.82) is 0 Å². The molecule has 0 aliphatic carbocycles. The molecule has 0 spiro atoms. The molecule has 8 N–H and O–H groups in total. The van der Waals surface area contributed by atoms with Crippen LogP contribution in [0.5, 0.6) is 11.5 Å². The molecular weight excluding hydrogens is 304 g/mol. The maximum Gasteiger partial charge on any atom is 0.142 e. The molecule has 24 heavy (non-hydrogen) atoms. The molecule has 2 rings (SSSR count). The normalized spacial score (nSPS) is 9.75. The third kappa shape index (κ3) is 6.56. The Labute approximate surface area is 143 Å². The zero-order valence-corrected chi connectivity index (χ0v) is 14.4. The Hall–Kier alpha value is -2.76. The molecule has 2 aromatic carbocycles. The highest BCUT2D eigenvalue weighted by atomic mass is 16.5. The van der Waals surface area contributed by atoms with E-state index in [0.29, 0.717) is 47.5 Å². The molecule has 0 saturated heterocycles. The molecule has 0 bridgehead atoms. The van der Waals surface area contributed by atoms with Gasteiger partial charge in [-0.1, -0.05) is 13.8 Å². The summed E-state index contributed by atoms with van der Waals surface area (Å²) in [5, 5.41) is 0. The molecule has 132 valence electrons. The minimum Gasteiger partial charge on any atom is -0.491 e. The zero-order valence-electron chi connectivity index (χ0n) is 14.4. The topological polar surface area (TPSA) is 123 Å². The van der Waals surface area contributed by atoms with E-state index in [4.69, 9.17) is 32.4 Å². The van der Waals surface area contributed by atoms with E-state index < -0.39 is 0 Å². The van der Waals surface area contributed by atoms with Gasteiger partial charge in [-0.25, -0.2) is 0 Å². The van der Waals surface area contributed by atoms with Crippen molar-refractivity contribution in [3.63, 3.8) is 0 Å². The molecular formula is C18H28N4O2. The lowest BCUT2D eigenvalue weighted by Crippen LogP contribution is -1.99. The van der Waals surface area contributed by atoms with Gasteiger partial charge in [0.05, 0.1) is 24.6 Å². The molecule has 0 atom stereocenters. The van der Waals surface area contributed by atoms with E-state index in [2.05, 4.69) is 0 Å². The monoisotopic (exact) mass is 332 g/mol. The number of nitrogens with two attached hydrogens (primary N) is 4. The fourth-order valence-corrected chi connectivity index (χ4v) is 1.82. The van der Waals surface area contributed by atoms with Crippen molar-refractivity contribution in [2.45, 2.75) is 26.7 Å². The molecule has 0 fully saturated rings. The average Bonchev–Trinajstić information content (AvgIpc) is 2.54. The van der Waals surface area contributed by atoms with Crippen LogP contribution < -0.4 is 32.4 Å². The standard InChI is InChI=1S/2C9H14N2O/c2*1-2-5-12-9-4-3-7(10)6-8(9)11/h2*3-4,6H,2,5,10-11H2,1H3. The largest absolute Gasteiger partial charge is 0.491 e. The summed E-state index contributed by atoms with van der Waals surface area (Å²) in [4.78, 5) is 0. The lowest BCUT2D eigenvalue weighted by molar-refractivity contribution is 0.319. The fraction of sp³-hybridized carbons (Fsp3) is 0.333. The van der Waals surface area contributed by atoms with Crippen molar-refractivity contribution in [1.82, 2.24) is 0 Å². The predicted molar refractivity (Wildman–Crippen MR) is 102 cm³/mol. The second-order valence-corrected chi connectivity index (χ2v) is 5.29. The van der Waals surface area contributed by atoms with E-state index in [-0.39, 0.29) is 0 Å². The molecule has 0 amide bonds. The van der Waals surface area contributed by atoms with Crippen LogP contribution in [0, 0.1) is 0 Å². The van der Waals surface area contributed by atoms with Crippen molar-refractivity contribution in [2.24, 2.45) is 0 Å². The van der Waals surface area contributed by atoms with Gasteiger partial charge in [-0.05, 0) is 49.2 Å². The van der Waals surface area contributed by atoms with Crippen LogP contribution in [-0.2, 0) is 0 Å². The Kier molecular flexibility index (Phi) is 8.11. The number of anilines is 4. The number of rotatable bonds is 6. The van der Waals surface area contributed by atoms with Gasteiger partial charge in [0.25, 0.3) is 0 Å². The Morgan fingerprint density at radius 2 is 1.04 bits per heavy atom. The molecule has 6 nitrogen and oxygen atoms in total. The van der Waals surface area contributed by atoms with Crippen LogP contribution in [0.3, 0.4) is 0 Å². The van der Waals surface area contributed by atoms with Gasteiger partial charge in [0.2, 0.25) is 0 Å². The molecule has 0 aliphatic heterocycles. The quantitative estimate of drug-likeness (QED) is 0.602. The molecule has 2 aromatic rings. The summed E-state index contributed by atoms with van der Waals surface area (Å²) >= 11 is 0. The number of hydrogen-bond acceptors (Lipinski definition) is 6. The van der Waals surface area contributed by atoms with E-state index in [1.54, 1.807) is 36.4 Å². The summed E-state index contributed by atoms with van der Waals surface area (Å²) in [6.07, 6.45) is 1.95. The molecule has 0 heterocycles. The van der Waals surface area contributed by atoms with Gasteiger partial charge in [0, 0.05) is 11.4 Å². The number of nitrogen functional groups attached to an aromatic ring is 4. The van der Waals surface area contributed by atoms with Crippen molar-refractivity contribution >= 4 is 22.7 Å². The number of ether oxygens (including phenoxy) is 2. The van der Waals surface area contributed by atoms with Gasteiger partial charge < -0.3 is 32.4 Å². The lowest BCUT2D eigenvalue weighted by Gasteiger charge is -2.07. The van der Waals surface area contributed by atoms with Crippen molar-refractivity contribution in [3.8, 4) is 11.5 Å². The van der Waals surface area contributed by atoms with Crippen LogP contribution in [0.25, 0.3) is 0 Å². The van der Waals surface area contributed by atoms with Crippen LogP contribution in [0.2, 0.25) is 0 Å². The molecule has 0 saturated carbocycles. The Bertz CT molecular complexity index is 577. The van der Waals surface area contributed by atoms with E-state index in [0.717, 1.165) is 12.8 Å². The van der Waals surface area contributed by atoms with E-state index >= 15 is 0 Å². The Morgan fingerprint density at radius 3 is 1.33 bits per heavy atom. The maximum absolute atomic E-state index is 5.66. The summed E-state index contributed by atoms with van der Waals surface area (Å²) in [5.74, 6) is 1.43. The summed E-state index contributed by atoms with van der Waals surface area (Å²) < 4.78 is 10.7. The van der Waals surface area contributed by atoms with Crippen molar-refractivity contribution in [3.05, 3.63) is 36.4 Å². The smallest absolute Gasteiger partial charge is 0.142 e. The summed E-state index contributed by atoms with van der Waals surface area (Å²) in [5.41, 5.74) is 24.9. The Balaban J connectivity index is 0.000000240. The van der Waals surface area contributed by atoms with Gasteiger partial charge in [-0.15, -0.1) is 0 Å². The first-order valence-electron chi connectivity index (χ1n) is 8.03. The van der Waals surface area contributed by atoms with Gasteiger partial charge in [-0.2, -0.15) is 0 Å². The first-order chi connectivity index (χ1) is 11.5. The highest BCUT2D eigenvalue weighted by molar-refractivity contribution is 5.61. The first-order valence-corrected chi connectivity index (χ1v) is 8.03. The minimum absolute atomic E-state index is 0.600. The minimum atomic E-state index is 0.600. The van der Waals surface area contributed by atoms with Crippen LogP contribution in [0.1, 0.15) is 26.7 Å². The van der Waals surface area contributed by atoms with Crippen LogP contribution in [0.15, 0.2) is 36.4 Å². The molecule has 6 heteroatoms. The van der Waals surface area contributed by atoms with Crippen molar-refractivity contribution < 1.29 is 9.47 Å². The maximum atomic E-state index is 5.66. The molecule has 0 aromatic heterocycles. The molecule has 0 unspecified atom stereocenters. The molecule has 0 aliphatic rings. The van der Waals surface area contributed by atoms with Gasteiger partial charge in [0.15, 0.2) is 0 Å². The van der Waals surface area contributed by atoms with Crippen LogP contribution >= 0.6 is 0 Å². The van der Waals surface area contributed by atoms with Crippen LogP contribution in [-0.4, -0.2) is 13.2 Å². The summed E-state index contributed by atoms with van der Waals surface area (Å²) in [6, 6.07) is 10.5. The van der Waals surface area contributed by atoms with E-state index in [1.165, 1.54) is 0 Å². The molecule has 0 radical (unpaired) electrons. The first kappa shape index (κ1) is 19.3. The summed E-state index contributed by atoms with van der Waals surface area (Å²) in [7, 11) is 0. The number of hydrogen-bond donors (Lipinski definition) is 4. The van der Waals surface area contributed by atoms with Gasteiger partial charge in [-0.3, -0.25) is 0 Å². The van der Waals surface area contributed by atoms with E-state index in [1.807, 2.05) is 13.8 Å². The zero-order chi connectivity index (χ0) is 17.9.